The third-order valence-electron chi connectivity index (χ3n) is 4.26. The van der Waals surface area contributed by atoms with Gasteiger partial charge in [-0.25, -0.2) is 4.79 Å². The molecule has 3 nitrogen and oxygen atoms in total. The third-order valence-corrected chi connectivity index (χ3v) is 4.26. The van der Waals surface area contributed by atoms with E-state index < -0.39 is 0 Å². The molecule has 1 saturated carbocycles. The molecule has 1 aromatic carbocycles. The largest absolute Gasteiger partial charge is 0.456 e. The number of esters is 1. The average molecular weight is 258 g/mol. The molecule has 0 spiro atoms. The Morgan fingerprint density at radius 3 is 2.63 bits per heavy atom. The molecule has 0 aliphatic heterocycles. The first-order chi connectivity index (χ1) is 9.28. The van der Waals surface area contributed by atoms with E-state index >= 15 is 0 Å². The van der Waals surface area contributed by atoms with Crippen molar-refractivity contribution in [2.45, 2.75) is 18.9 Å². The van der Waals surface area contributed by atoms with Gasteiger partial charge in [0.2, 0.25) is 0 Å². The van der Waals surface area contributed by atoms with Crippen molar-refractivity contribution < 1.29 is 14.6 Å². The third kappa shape index (κ3) is 2.43. The van der Waals surface area contributed by atoms with Crippen molar-refractivity contribution in [3.05, 3.63) is 48.0 Å². The van der Waals surface area contributed by atoms with Gasteiger partial charge in [0.05, 0.1) is 12.2 Å². The molecule has 0 saturated heterocycles. The highest BCUT2D eigenvalue weighted by Gasteiger charge is 2.41. The quantitative estimate of drug-likeness (QED) is 0.666. The Bertz CT molecular complexity index is 480. The second kappa shape index (κ2) is 5.17. The molecule has 0 heterocycles. The van der Waals surface area contributed by atoms with E-state index in [0.29, 0.717) is 17.4 Å². The van der Waals surface area contributed by atoms with E-state index in [1.54, 1.807) is 12.1 Å². The highest BCUT2D eigenvalue weighted by atomic mass is 16.6. The van der Waals surface area contributed by atoms with Crippen LogP contribution in [0.4, 0.5) is 0 Å². The summed E-state index contributed by atoms with van der Waals surface area (Å²) in [5.41, 5.74) is 0.541. The molecule has 3 unspecified atom stereocenters. The van der Waals surface area contributed by atoms with Crippen molar-refractivity contribution in [3.63, 3.8) is 0 Å². The number of aliphatic hydroxyl groups excluding tert-OH is 1. The number of rotatable bonds is 4. The lowest BCUT2D eigenvalue weighted by atomic mass is 9.88. The summed E-state index contributed by atoms with van der Waals surface area (Å²) in [6.07, 6.45) is 6.23. The van der Waals surface area contributed by atoms with E-state index in [9.17, 15) is 9.90 Å². The number of ether oxygens (including phenoxy) is 1. The predicted molar refractivity (Wildman–Crippen MR) is 71.6 cm³/mol. The zero-order chi connectivity index (χ0) is 13.2. The average Bonchev–Trinajstić information content (AvgIpc) is 3.08. The van der Waals surface area contributed by atoms with Crippen LogP contribution in [-0.2, 0) is 4.74 Å². The Labute approximate surface area is 112 Å². The Kier molecular flexibility index (Phi) is 3.38. The van der Waals surface area contributed by atoms with Crippen LogP contribution in [0.15, 0.2) is 42.5 Å². The zero-order valence-electron chi connectivity index (χ0n) is 10.7. The van der Waals surface area contributed by atoms with Crippen LogP contribution in [0.25, 0.3) is 0 Å². The fourth-order valence-electron chi connectivity index (χ4n) is 3.29. The topological polar surface area (TPSA) is 46.5 Å². The van der Waals surface area contributed by atoms with E-state index in [4.69, 9.17) is 4.74 Å². The number of fused-ring (bicyclic) bond motifs is 2. The molecular weight excluding hydrogens is 240 g/mol. The summed E-state index contributed by atoms with van der Waals surface area (Å²) in [6.45, 7) is -0.0969. The van der Waals surface area contributed by atoms with Crippen molar-refractivity contribution in [1.29, 1.82) is 0 Å². The van der Waals surface area contributed by atoms with Crippen LogP contribution in [-0.4, -0.2) is 23.8 Å². The summed E-state index contributed by atoms with van der Waals surface area (Å²) in [5.74, 6) is 1.00. The van der Waals surface area contributed by atoms with E-state index in [-0.39, 0.29) is 24.6 Å². The summed E-state index contributed by atoms with van der Waals surface area (Å²) in [4.78, 5) is 12.0. The number of carbonyl (C=O) groups is 1. The van der Waals surface area contributed by atoms with Gasteiger partial charge in [0, 0.05) is 5.92 Å². The summed E-state index contributed by atoms with van der Waals surface area (Å²) < 4.78 is 5.50. The molecule has 1 fully saturated rings. The Morgan fingerprint density at radius 1 is 1.26 bits per heavy atom. The first kappa shape index (κ1) is 12.4. The molecule has 3 heteroatoms. The number of aliphatic hydroxyl groups is 1. The van der Waals surface area contributed by atoms with E-state index in [2.05, 4.69) is 12.2 Å². The van der Waals surface area contributed by atoms with Gasteiger partial charge in [0.15, 0.2) is 0 Å². The van der Waals surface area contributed by atoms with Crippen LogP contribution in [0.5, 0.6) is 0 Å². The monoisotopic (exact) mass is 258 g/mol. The number of hydrogen-bond donors (Lipinski definition) is 1. The Morgan fingerprint density at radius 2 is 2.05 bits per heavy atom. The highest BCUT2D eigenvalue weighted by molar-refractivity contribution is 5.89. The predicted octanol–water partition coefficient (Wildman–Crippen LogP) is 2.42. The molecule has 2 bridgehead atoms. The smallest absolute Gasteiger partial charge is 0.338 e. The van der Waals surface area contributed by atoms with Gasteiger partial charge >= 0.3 is 5.97 Å². The van der Waals surface area contributed by atoms with Crippen molar-refractivity contribution >= 4 is 5.97 Å². The molecule has 0 amide bonds. The van der Waals surface area contributed by atoms with Crippen LogP contribution >= 0.6 is 0 Å². The minimum absolute atomic E-state index is 0.0969. The van der Waals surface area contributed by atoms with Gasteiger partial charge < -0.3 is 9.84 Å². The Balaban J connectivity index is 1.67. The SMILES string of the molecule is O=C(O[C@H](CO)C1CC2C=CC1C2)c1ccccc1. The van der Waals surface area contributed by atoms with E-state index in [1.807, 2.05) is 18.2 Å². The van der Waals surface area contributed by atoms with Crippen molar-refractivity contribution in [2.75, 3.05) is 6.61 Å². The normalized spacial score (nSPS) is 29.4. The van der Waals surface area contributed by atoms with Gasteiger partial charge in [-0.15, -0.1) is 0 Å². The fraction of sp³-hybridized carbons (Fsp3) is 0.438. The van der Waals surface area contributed by atoms with Gasteiger partial charge in [0.1, 0.15) is 6.10 Å². The molecule has 2 aliphatic carbocycles. The molecule has 0 radical (unpaired) electrons. The highest BCUT2D eigenvalue weighted by Crippen LogP contribution is 2.45. The molecular formula is C16H18O3. The summed E-state index contributed by atoms with van der Waals surface area (Å²) in [5, 5.41) is 9.51. The lowest BCUT2D eigenvalue weighted by Gasteiger charge is -2.26. The van der Waals surface area contributed by atoms with Gasteiger partial charge in [-0.2, -0.15) is 0 Å². The fourth-order valence-corrected chi connectivity index (χ4v) is 3.29. The second-order valence-electron chi connectivity index (χ2n) is 5.44. The van der Waals surface area contributed by atoms with Crippen molar-refractivity contribution in [2.24, 2.45) is 17.8 Å². The number of hydrogen-bond acceptors (Lipinski definition) is 3. The molecule has 3 rings (SSSR count). The summed E-state index contributed by atoms with van der Waals surface area (Å²) >= 11 is 0. The lowest BCUT2D eigenvalue weighted by molar-refractivity contribution is -0.0117. The van der Waals surface area contributed by atoms with E-state index in [1.165, 1.54) is 0 Å². The van der Waals surface area contributed by atoms with Gasteiger partial charge in [-0.05, 0) is 36.8 Å². The zero-order valence-corrected chi connectivity index (χ0v) is 10.7. The standard InChI is InChI=1S/C16H18O3/c17-10-15(14-9-11-6-7-13(14)8-11)19-16(18)12-4-2-1-3-5-12/h1-7,11,13-15,17H,8-10H2/t11?,13?,14?,15-/m1/s1. The molecule has 1 aromatic rings. The summed E-state index contributed by atoms with van der Waals surface area (Å²) in [6, 6.07) is 8.95. The van der Waals surface area contributed by atoms with Crippen LogP contribution < -0.4 is 0 Å². The maximum absolute atomic E-state index is 12.0. The maximum Gasteiger partial charge on any atom is 0.338 e. The summed E-state index contributed by atoms with van der Waals surface area (Å²) in [7, 11) is 0. The van der Waals surface area contributed by atoms with Crippen LogP contribution in [0.3, 0.4) is 0 Å². The first-order valence-electron chi connectivity index (χ1n) is 6.83. The second-order valence-corrected chi connectivity index (χ2v) is 5.44. The van der Waals surface area contributed by atoms with Crippen molar-refractivity contribution in [3.8, 4) is 0 Å². The maximum atomic E-state index is 12.0. The molecule has 1 N–H and O–H groups in total. The number of benzene rings is 1. The first-order valence-corrected chi connectivity index (χ1v) is 6.83. The molecule has 0 aromatic heterocycles. The van der Waals surface area contributed by atoms with Crippen molar-refractivity contribution in [1.82, 2.24) is 0 Å². The molecule has 100 valence electrons. The van der Waals surface area contributed by atoms with Gasteiger partial charge in [-0.1, -0.05) is 30.4 Å². The minimum Gasteiger partial charge on any atom is -0.456 e. The van der Waals surface area contributed by atoms with Gasteiger partial charge in [-0.3, -0.25) is 0 Å². The van der Waals surface area contributed by atoms with Crippen LogP contribution in [0, 0.1) is 17.8 Å². The minimum atomic E-state index is -0.382. The number of carbonyl (C=O) groups excluding carboxylic acids is 1. The van der Waals surface area contributed by atoms with Crippen LogP contribution in [0.1, 0.15) is 23.2 Å². The van der Waals surface area contributed by atoms with Crippen LogP contribution in [0.2, 0.25) is 0 Å². The Hall–Kier alpha value is -1.61. The molecule has 2 aliphatic rings. The van der Waals surface area contributed by atoms with Gasteiger partial charge in [0.25, 0.3) is 0 Å². The lowest BCUT2D eigenvalue weighted by Crippen LogP contribution is -2.32. The molecule has 19 heavy (non-hydrogen) atoms. The number of allylic oxidation sites excluding steroid dienone is 2. The molecule has 4 atom stereocenters. The van der Waals surface area contributed by atoms with E-state index in [0.717, 1.165) is 12.8 Å².